The lowest BCUT2D eigenvalue weighted by atomic mass is 9.98. The van der Waals surface area contributed by atoms with Gasteiger partial charge in [0.25, 0.3) is 0 Å². The summed E-state index contributed by atoms with van der Waals surface area (Å²) in [6, 6.07) is 14.1. The summed E-state index contributed by atoms with van der Waals surface area (Å²) in [6.45, 7) is 10.6. The van der Waals surface area contributed by atoms with Gasteiger partial charge in [0, 0.05) is 54.1 Å². The highest BCUT2D eigenvalue weighted by Crippen LogP contribution is 2.46. The predicted molar refractivity (Wildman–Crippen MR) is 168 cm³/mol. The maximum absolute atomic E-state index is 6.36. The molecule has 1 aliphatic carbocycles. The minimum absolute atomic E-state index is 0.211. The third kappa shape index (κ3) is 5.93. The zero-order valence-corrected chi connectivity index (χ0v) is 25.7. The molecule has 1 fully saturated rings. The van der Waals surface area contributed by atoms with Crippen LogP contribution in [0.15, 0.2) is 42.7 Å². The van der Waals surface area contributed by atoms with E-state index in [0.29, 0.717) is 25.2 Å². The van der Waals surface area contributed by atoms with Crippen LogP contribution in [0.4, 0.5) is 11.5 Å². The van der Waals surface area contributed by atoms with Crippen molar-refractivity contribution in [2.45, 2.75) is 65.5 Å². The Morgan fingerprint density at radius 3 is 2.64 bits per heavy atom. The highest BCUT2D eigenvalue weighted by Gasteiger charge is 2.44. The molecule has 4 aromatic rings. The van der Waals surface area contributed by atoms with Gasteiger partial charge in [0.15, 0.2) is 0 Å². The van der Waals surface area contributed by atoms with Gasteiger partial charge in [0.1, 0.15) is 18.0 Å². The lowest BCUT2D eigenvalue weighted by Crippen LogP contribution is -2.33. The Bertz CT molecular complexity index is 1540. The molecule has 9 heteroatoms. The molecule has 222 valence electrons. The van der Waals surface area contributed by atoms with Crippen molar-refractivity contribution >= 4 is 22.3 Å². The van der Waals surface area contributed by atoms with Gasteiger partial charge >= 0.3 is 6.01 Å². The van der Waals surface area contributed by atoms with Crippen LogP contribution in [0.2, 0.25) is 0 Å². The second-order valence-electron chi connectivity index (χ2n) is 12.5. The van der Waals surface area contributed by atoms with Gasteiger partial charge in [-0.25, -0.2) is 0 Å². The molecule has 0 amide bonds. The van der Waals surface area contributed by atoms with Gasteiger partial charge < -0.3 is 24.4 Å². The smallest absolute Gasteiger partial charge is 0.318 e. The first-order valence-electron chi connectivity index (χ1n) is 15.4. The largest absolute Gasteiger partial charge is 0.463 e. The van der Waals surface area contributed by atoms with E-state index >= 15 is 0 Å². The fourth-order valence-corrected chi connectivity index (χ4v) is 6.36. The monoisotopic (exact) mass is 568 g/mol. The lowest BCUT2D eigenvalue weighted by Gasteiger charge is -2.32. The van der Waals surface area contributed by atoms with Crippen LogP contribution in [-0.2, 0) is 25.8 Å². The molecule has 0 bridgehead atoms. The van der Waals surface area contributed by atoms with Crippen molar-refractivity contribution in [3.8, 4) is 6.01 Å². The standard InChI is InChI=1S/C33H44N8O/c1-6-24-9-7-10-25-11-8-12-28(30(24)25)40-18-14-26-27(19-40)36-32(42-21-33(15-16-33)20-39(4)5)37-31(26)34-17-13-29-38-35-22-41(29)23(2)3/h7-12,22-23H,6,13-21H2,1-5H3,(H,34,36,37). The fraction of sp³-hybridized carbons (Fsp3) is 0.515. The van der Waals surface area contributed by atoms with Crippen LogP contribution in [0.1, 0.15) is 62.3 Å². The third-order valence-corrected chi connectivity index (χ3v) is 8.70. The van der Waals surface area contributed by atoms with Crippen molar-refractivity contribution in [3.05, 3.63) is 65.4 Å². The second kappa shape index (κ2) is 11.9. The first-order valence-corrected chi connectivity index (χ1v) is 15.4. The number of hydrogen-bond acceptors (Lipinski definition) is 8. The third-order valence-electron chi connectivity index (χ3n) is 8.70. The number of aryl methyl sites for hydroxylation is 1. The van der Waals surface area contributed by atoms with Gasteiger partial charge in [-0.2, -0.15) is 9.97 Å². The molecule has 1 N–H and O–H groups in total. The highest BCUT2D eigenvalue weighted by molar-refractivity contribution is 5.97. The Balaban J connectivity index is 1.27. The molecular formula is C33H44N8O. The summed E-state index contributed by atoms with van der Waals surface area (Å²) >= 11 is 0. The number of aromatic nitrogens is 5. The van der Waals surface area contributed by atoms with E-state index in [-0.39, 0.29) is 5.41 Å². The first kappa shape index (κ1) is 28.4. The van der Waals surface area contributed by atoms with E-state index in [2.05, 4.69) is 101 Å². The maximum atomic E-state index is 6.36. The molecular weight excluding hydrogens is 524 g/mol. The van der Waals surface area contributed by atoms with Crippen molar-refractivity contribution in [1.29, 1.82) is 0 Å². The van der Waals surface area contributed by atoms with E-state index in [0.717, 1.165) is 56.2 Å². The summed E-state index contributed by atoms with van der Waals surface area (Å²) in [4.78, 5) is 14.7. The molecule has 0 spiro atoms. The summed E-state index contributed by atoms with van der Waals surface area (Å²) < 4.78 is 8.48. The zero-order valence-electron chi connectivity index (χ0n) is 25.7. The Morgan fingerprint density at radius 2 is 1.90 bits per heavy atom. The molecule has 2 aromatic heterocycles. The molecule has 42 heavy (non-hydrogen) atoms. The summed E-state index contributed by atoms with van der Waals surface area (Å²) in [5.74, 6) is 1.86. The molecule has 3 heterocycles. The van der Waals surface area contributed by atoms with Crippen LogP contribution in [0.3, 0.4) is 0 Å². The molecule has 9 nitrogen and oxygen atoms in total. The van der Waals surface area contributed by atoms with E-state index in [1.165, 1.54) is 40.4 Å². The summed E-state index contributed by atoms with van der Waals surface area (Å²) in [6.07, 6.45) is 6.83. The van der Waals surface area contributed by atoms with Gasteiger partial charge in [-0.3, -0.25) is 0 Å². The quantitative estimate of drug-likeness (QED) is 0.246. The topological polar surface area (TPSA) is 84.2 Å². The Kier molecular flexibility index (Phi) is 8.03. The van der Waals surface area contributed by atoms with Crippen LogP contribution in [-0.4, -0.2) is 70.0 Å². The maximum Gasteiger partial charge on any atom is 0.318 e. The van der Waals surface area contributed by atoms with Crippen LogP contribution in [0, 0.1) is 5.41 Å². The molecule has 0 unspecified atom stereocenters. The molecule has 1 saturated carbocycles. The average molecular weight is 569 g/mol. The van der Waals surface area contributed by atoms with E-state index in [9.17, 15) is 0 Å². The van der Waals surface area contributed by atoms with Crippen molar-refractivity contribution in [1.82, 2.24) is 29.6 Å². The fourth-order valence-electron chi connectivity index (χ4n) is 6.36. The number of rotatable bonds is 12. The molecule has 2 aromatic carbocycles. The average Bonchev–Trinajstić information content (AvgIpc) is 3.57. The SMILES string of the molecule is CCc1cccc2cccc(N3CCc4c(nc(OCC5(CN(C)C)CC5)nc4NCCc4nncn4C(C)C)C3)c12. The number of nitrogens with zero attached hydrogens (tertiary/aromatic N) is 7. The molecule has 1 aliphatic heterocycles. The van der Waals surface area contributed by atoms with Crippen LogP contribution in [0.5, 0.6) is 6.01 Å². The van der Waals surface area contributed by atoms with Gasteiger partial charge in [-0.15, -0.1) is 10.2 Å². The predicted octanol–water partition coefficient (Wildman–Crippen LogP) is 5.30. The van der Waals surface area contributed by atoms with E-state index in [1.54, 1.807) is 0 Å². The summed E-state index contributed by atoms with van der Waals surface area (Å²) in [7, 11) is 4.26. The summed E-state index contributed by atoms with van der Waals surface area (Å²) in [5.41, 5.74) is 5.11. The van der Waals surface area contributed by atoms with Gasteiger partial charge in [0.2, 0.25) is 0 Å². The number of ether oxygens (including phenoxy) is 1. The van der Waals surface area contributed by atoms with Crippen molar-refractivity contribution in [3.63, 3.8) is 0 Å². The number of benzene rings is 2. The van der Waals surface area contributed by atoms with Gasteiger partial charge in [0.05, 0.1) is 18.8 Å². The summed E-state index contributed by atoms with van der Waals surface area (Å²) in [5, 5.41) is 14.7. The number of fused-ring (bicyclic) bond motifs is 2. The number of anilines is 2. The minimum atomic E-state index is 0.211. The van der Waals surface area contributed by atoms with E-state index in [1.807, 2.05) is 6.33 Å². The van der Waals surface area contributed by atoms with Crippen molar-refractivity contribution in [2.75, 3.05) is 50.6 Å². The number of hydrogen-bond donors (Lipinski definition) is 1. The zero-order chi connectivity index (χ0) is 29.3. The van der Waals surface area contributed by atoms with Gasteiger partial charge in [-0.05, 0) is 70.6 Å². The van der Waals surface area contributed by atoms with Crippen LogP contribution in [0.25, 0.3) is 10.8 Å². The molecule has 6 rings (SSSR count). The van der Waals surface area contributed by atoms with Crippen LogP contribution < -0.4 is 15.0 Å². The second-order valence-corrected chi connectivity index (χ2v) is 12.5. The van der Waals surface area contributed by atoms with E-state index < -0.39 is 0 Å². The Morgan fingerprint density at radius 1 is 1.10 bits per heavy atom. The van der Waals surface area contributed by atoms with Crippen molar-refractivity contribution in [2.24, 2.45) is 5.41 Å². The van der Waals surface area contributed by atoms with Gasteiger partial charge in [-0.1, -0.05) is 37.3 Å². The molecule has 0 radical (unpaired) electrons. The van der Waals surface area contributed by atoms with E-state index in [4.69, 9.17) is 14.7 Å². The Labute approximate surface area is 249 Å². The normalized spacial score (nSPS) is 15.8. The number of nitrogens with one attached hydrogen (secondary N) is 1. The van der Waals surface area contributed by atoms with Crippen molar-refractivity contribution < 1.29 is 4.74 Å². The minimum Gasteiger partial charge on any atom is -0.463 e. The molecule has 2 aliphatic rings. The lowest BCUT2D eigenvalue weighted by molar-refractivity contribution is 0.182. The highest BCUT2D eigenvalue weighted by atomic mass is 16.5. The molecule has 0 atom stereocenters. The first-order chi connectivity index (χ1) is 20.4. The molecule has 0 saturated heterocycles. The Hall–Kier alpha value is -3.72. The van der Waals surface area contributed by atoms with Crippen LogP contribution >= 0.6 is 0 Å².